The second-order valence-electron chi connectivity index (χ2n) is 4.39. The molecule has 0 bridgehead atoms. The lowest BCUT2D eigenvalue weighted by Crippen LogP contribution is -2.33. The first-order chi connectivity index (χ1) is 9.20. The van der Waals surface area contributed by atoms with Crippen LogP contribution in [0.3, 0.4) is 0 Å². The molecule has 0 spiro atoms. The van der Waals surface area contributed by atoms with E-state index in [0.717, 1.165) is 11.1 Å². The molecule has 10 heteroatoms. The molecule has 1 unspecified atom stereocenters. The molecule has 2 rings (SSSR count). The summed E-state index contributed by atoms with van der Waals surface area (Å²) < 4.78 is 22.5. The summed E-state index contributed by atoms with van der Waals surface area (Å²) in [6, 6.07) is 0. The average Bonchev–Trinajstić information content (AvgIpc) is 2.70. The van der Waals surface area contributed by atoms with Crippen LogP contribution in [0.5, 0.6) is 0 Å². The van der Waals surface area contributed by atoms with E-state index in [2.05, 4.69) is 9.97 Å². The van der Waals surface area contributed by atoms with Crippen molar-refractivity contribution in [1.29, 1.82) is 0 Å². The minimum atomic E-state index is -3.82. The molecule has 0 aromatic carbocycles. The van der Waals surface area contributed by atoms with Crippen LogP contribution in [-0.4, -0.2) is 47.2 Å². The number of primary sulfonamides is 1. The van der Waals surface area contributed by atoms with Crippen molar-refractivity contribution in [1.82, 2.24) is 9.97 Å². The summed E-state index contributed by atoms with van der Waals surface area (Å²) in [6.07, 6.45) is 0.847. The van der Waals surface area contributed by atoms with Gasteiger partial charge in [0, 0.05) is 19.2 Å². The largest absolute Gasteiger partial charge is 0.478 e. The number of aromatic nitrogens is 2. The second-order valence-corrected chi connectivity index (χ2v) is 6.24. The van der Waals surface area contributed by atoms with Crippen LogP contribution in [0.2, 0.25) is 0 Å². The zero-order valence-electron chi connectivity index (χ0n) is 10.5. The van der Waals surface area contributed by atoms with E-state index >= 15 is 0 Å². The Balaban J connectivity index is 2.31. The molecule has 3 N–H and O–H groups in total. The van der Waals surface area contributed by atoms with Gasteiger partial charge in [-0.1, -0.05) is 0 Å². The van der Waals surface area contributed by atoms with Crippen molar-refractivity contribution in [3.05, 3.63) is 17.5 Å². The molecule has 2 heterocycles. The minimum absolute atomic E-state index is 0.0244. The topological polar surface area (TPSA) is 144 Å². The van der Waals surface area contributed by atoms with Gasteiger partial charge in [-0.15, -0.1) is 0 Å². The van der Waals surface area contributed by atoms with Gasteiger partial charge in [-0.05, 0) is 6.92 Å². The molecule has 1 aromatic heterocycles. The van der Waals surface area contributed by atoms with Gasteiger partial charge in [0.25, 0.3) is 0 Å². The van der Waals surface area contributed by atoms with E-state index in [1.807, 2.05) is 0 Å². The van der Waals surface area contributed by atoms with Crippen molar-refractivity contribution in [2.45, 2.75) is 18.6 Å². The Morgan fingerprint density at radius 1 is 1.55 bits per heavy atom. The fraction of sp³-hybridized carbons (Fsp3) is 0.400. The molecular formula is C10H12N4O5S. The number of amides is 1. The highest BCUT2D eigenvalue weighted by Gasteiger charge is 2.38. The Morgan fingerprint density at radius 3 is 2.65 bits per heavy atom. The molecule has 0 aliphatic carbocycles. The normalized spacial score (nSPS) is 19.4. The summed E-state index contributed by atoms with van der Waals surface area (Å²) >= 11 is 0. The van der Waals surface area contributed by atoms with Gasteiger partial charge in [0.1, 0.15) is 5.25 Å². The molecule has 1 saturated heterocycles. The fourth-order valence-corrected chi connectivity index (χ4v) is 2.61. The van der Waals surface area contributed by atoms with Crippen LogP contribution in [0, 0.1) is 6.92 Å². The molecule has 108 valence electrons. The summed E-state index contributed by atoms with van der Waals surface area (Å²) in [5, 5.41) is 12.9. The number of nitrogens with zero attached hydrogens (tertiary/aromatic N) is 3. The summed E-state index contributed by atoms with van der Waals surface area (Å²) in [6.45, 7) is 1.33. The summed E-state index contributed by atoms with van der Waals surface area (Å²) in [5.74, 6) is -1.67. The third kappa shape index (κ3) is 2.60. The van der Waals surface area contributed by atoms with E-state index in [0.29, 0.717) is 0 Å². The Morgan fingerprint density at radius 2 is 2.20 bits per heavy atom. The van der Waals surface area contributed by atoms with Gasteiger partial charge in [0.2, 0.25) is 21.9 Å². The maximum atomic E-state index is 11.8. The number of hydrogen-bond donors (Lipinski definition) is 2. The fourth-order valence-electron chi connectivity index (χ4n) is 1.88. The van der Waals surface area contributed by atoms with Crippen molar-refractivity contribution in [2.75, 3.05) is 11.4 Å². The highest BCUT2D eigenvalue weighted by molar-refractivity contribution is 7.89. The molecule has 20 heavy (non-hydrogen) atoms. The van der Waals surface area contributed by atoms with Crippen molar-refractivity contribution < 1.29 is 23.1 Å². The second kappa shape index (κ2) is 4.80. The van der Waals surface area contributed by atoms with Crippen molar-refractivity contribution in [2.24, 2.45) is 5.14 Å². The van der Waals surface area contributed by atoms with Crippen molar-refractivity contribution in [3.63, 3.8) is 0 Å². The molecule has 0 saturated carbocycles. The van der Waals surface area contributed by atoms with Gasteiger partial charge in [-0.3, -0.25) is 9.69 Å². The van der Waals surface area contributed by atoms with Crippen LogP contribution in [0.15, 0.2) is 6.20 Å². The number of sulfonamides is 1. The van der Waals surface area contributed by atoms with Crippen LogP contribution in [-0.2, 0) is 14.8 Å². The number of carbonyl (C=O) groups excluding carboxylic acids is 1. The van der Waals surface area contributed by atoms with Crippen molar-refractivity contribution >= 4 is 27.8 Å². The number of carboxylic acid groups (broad SMARTS) is 1. The molecule has 1 fully saturated rings. The predicted molar refractivity (Wildman–Crippen MR) is 67.6 cm³/mol. The maximum absolute atomic E-state index is 11.8. The Hall–Kier alpha value is -2.07. The lowest BCUT2D eigenvalue weighted by atomic mass is 10.2. The number of aromatic carboxylic acids is 1. The number of carboxylic acids is 1. The lowest BCUT2D eigenvalue weighted by molar-refractivity contribution is -0.117. The van der Waals surface area contributed by atoms with Crippen LogP contribution in [0.4, 0.5) is 5.95 Å². The van der Waals surface area contributed by atoms with Crippen LogP contribution in [0.1, 0.15) is 22.5 Å². The summed E-state index contributed by atoms with van der Waals surface area (Å²) in [7, 11) is -3.82. The monoisotopic (exact) mass is 300 g/mol. The van der Waals surface area contributed by atoms with Gasteiger partial charge >= 0.3 is 5.97 Å². The number of nitrogens with two attached hydrogens (primary N) is 1. The zero-order chi connectivity index (χ0) is 15.1. The summed E-state index contributed by atoms with van der Waals surface area (Å²) in [4.78, 5) is 31.4. The van der Waals surface area contributed by atoms with Crippen molar-refractivity contribution in [3.8, 4) is 0 Å². The van der Waals surface area contributed by atoms with E-state index < -0.39 is 27.1 Å². The minimum Gasteiger partial charge on any atom is -0.478 e. The van der Waals surface area contributed by atoms with Gasteiger partial charge < -0.3 is 5.11 Å². The van der Waals surface area contributed by atoms with Gasteiger partial charge in [-0.25, -0.2) is 28.3 Å². The first-order valence-electron chi connectivity index (χ1n) is 5.59. The lowest BCUT2D eigenvalue weighted by Gasteiger charge is -2.14. The van der Waals surface area contributed by atoms with Crippen LogP contribution < -0.4 is 10.0 Å². The van der Waals surface area contributed by atoms with E-state index in [1.54, 1.807) is 0 Å². The Bertz CT molecular complexity index is 687. The SMILES string of the molecule is Cc1nc(N2CC(S(N)(=O)=O)CC2=O)ncc1C(=O)O. The maximum Gasteiger partial charge on any atom is 0.339 e. The molecule has 1 amide bonds. The molecule has 1 aliphatic rings. The van der Waals surface area contributed by atoms with Gasteiger partial charge in [-0.2, -0.15) is 0 Å². The first-order valence-corrected chi connectivity index (χ1v) is 7.20. The standard InChI is InChI=1S/C10H12N4O5S/c1-5-7(9(16)17)3-12-10(13-5)14-4-6(2-8(14)15)20(11,18)19/h3,6H,2,4H2,1H3,(H,16,17)(H2,11,18,19). The quantitative estimate of drug-likeness (QED) is 0.719. The third-order valence-electron chi connectivity index (χ3n) is 2.99. The first kappa shape index (κ1) is 14.3. The number of anilines is 1. The summed E-state index contributed by atoms with van der Waals surface area (Å²) in [5.41, 5.74) is 0.109. The highest BCUT2D eigenvalue weighted by atomic mass is 32.2. The Labute approximate surface area is 114 Å². The zero-order valence-corrected chi connectivity index (χ0v) is 11.3. The van der Waals surface area contributed by atoms with Crippen LogP contribution >= 0.6 is 0 Å². The Kier molecular flexibility index (Phi) is 3.44. The molecule has 1 aromatic rings. The number of aryl methyl sites for hydroxylation is 1. The van der Waals surface area contributed by atoms with Crippen LogP contribution in [0.25, 0.3) is 0 Å². The van der Waals surface area contributed by atoms with E-state index in [-0.39, 0.29) is 30.2 Å². The smallest absolute Gasteiger partial charge is 0.339 e. The average molecular weight is 300 g/mol. The number of carbonyl (C=O) groups is 2. The molecule has 1 aliphatic heterocycles. The molecule has 9 nitrogen and oxygen atoms in total. The number of hydrogen-bond acceptors (Lipinski definition) is 6. The molecular weight excluding hydrogens is 288 g/mol. The van der Waals surface area contributed by atoms with E-state index in [9.17, 15) is 18.0 Å². The highest BCUT2D eigenvalue weighted by Crippen LogP contribution is 2.21. The molecule has 1 atom stereocenters. The molecule has 0 radical (unpaired) electrons. The van der Waals surface area contributed by atoms with E-state index in [1.165, 1.54) is 6.92 Å². The van der Waals surface area contributed by atoms with Gasteiger partial charge in [0.05, 0.1) is 11.3 Å². The number of rotatable bonds is 3. The van der Waals surface area contributed by atoms with Gasteiger partial charge in [0.15, 0.2) is 0 Å². The van der Waals surface area contributed by atoms with E-state index in [4.69, 9.17) is 10.2 Å². The third-order valence-corrected chi connectivity index (χ3v) is 4.24. The predicted octanol–water partition coefficient (Wildman–Crippen LogP) is -1.12.